The molecule has 0 nitrogen and oxygen atoms in total. The van der Waals surface area contributed by atoms with Crippen LogP contribution < -0.4 is 0 Å². The molecule has 2 heteroatoms. The lowest BCUT2D eigenvalue weighted by atomic mass is 10.2. The molecule has 1 aromatic carbocycles. The standard InChI is InChI=1S/C7H6Cl2.C2H6/c1-5-2-3-6(8)7(9)4-5;1-2/h2-4H,1H3;1-2H3. The Hall–Kier alpha value is -0.200. The molecule has 0 atom stereocenters. The van der Waals surface area contributed by atoms with E-state index in [1.165, 1.54) is 0 Å². The minimum Gasteiger partial charge on any atom is -0.0827 e. The van der Waals surface area contributed by atoms with Crippen LogP contribution in [0.25, 0.3) is 0 Å². The minimum absolute atomic E-state index is 0.613. The second-order valence-electron chi connectivity index (χ2n) is 1.92. The Balaban J connectivity index is 0.000000461. The molecule has 0 fully saturated rings. The summed E-state index contributed by atoms with van der Waals surface area (Å²) in [6, 6.07) is 5.55. The number of hydrogen-bond acceptors (Lipinski definition) is 0. The molecule has 0 aliphatic heterocycles. The summed E-state index contributed by atoms with van der Waals surface area (Å²) < 4.78 is 0. The first-order chi connectivity index (χ1) is 5.20. The maximum absolute atomic E-state index is 5.68. The van der Waals surface area contributed by atoms with E-state index in [4.69, 9.17) is 23.2 Å². The fraction of sp³-hybridized carbons (Fsp3) is 0.333. The van der Waals surface area contributed by atoms with Crippen molar-refractivity contribution >= 4 is 23.2 Å². The van der Waals surface area contributed by atoms with Gasteiger partial charge in [-0.1, -0.05) is 43.1 Å². The van der Waals surface area contributed by atoms with Gasteiger partial charge >= 0.3 is 0 Å². The molecule has 0 unspecified atom stereocenters. The Morgan fingerprint density at radius 3 is 1.91 bits per heavy atom. The van der Waals surface area contributed by atoms with Gasteiger partial charge in [-0.15, -0.1) is 0 Å². The van der Waals surface area contributed by atoms with Crippen LogP contribution in [0.4, 0.5) is 0 Å². The van der Waals surface area contributed by atoms with Crippen molar-refractivity contribution in [3.05, 3.63) is 33.8 Å². The Morgan fingerprint density at radius 1 is 1.00 bits per heavy atom. The van der Waals surface area contributed by atoms with Crippen LogP contribution in [0.15, 0.2) is 18.2 Å². The summed E-state index contributed by atoms with van der Waals surface area (Å²) in [4.78, 5) is 0. The van der Waals surface area contributed by atoms with Gasteiger partial charge < -0.3 is 0 Å². The van der Waals surface area contributed by atoms with Crippen molar-refractivity contribution < 1.29 is 0 Å². The molecule has 0 aliphatic carbocycles. The third-order valence-electron chi connectivity index (χ3n) is 1.08. The molecule has 0 saturated heterocycles. The van der Waals surface area contributed by atoms with Gasteiger partial charge in [0, 0.05) is 0 Å². The summed E-state index contributed by atoms with van der Waals surface area (Å²) in [5, 5.41) is 1.24. The second-order valence-corrected chi connectivity index (χ2v) is 2.73. The third-order valence-corrected chi connectivity index (χ3v) is 1.81. The zero-order valence-electron chi connectivity index (χ0n) is 6.99. The Labute approximate surface area is 78.1 Å². The number of halogens is 2. The molecule has 0 spiro atoms. The fourth-order valence-electron chi connectivity index (χ4n) is 0.601. The molecular formula is C9H12Cl2. The maximum atomic E-state index is 5.68. The van der Waals surface area contributed by atoms with E-state index < -0.39 is 0 Å². The molecule has 1 aromatic rings. The van der Waals surface area contributed by atoms with Crippen LogP contribution in [0.1, 0.15) is 19.4 Å². The highest BCUT2D eigenvalue weighted by Crippen LogP contribution is 2.21. The van der Waals surface area contributed by atoms with E-state index in [-0.39, 0.29) is 0 Å². The number of benzene rings is 1. The first-order valence-corrected chi connectivity index (χ1v) is 4.37. The highest BCUT2D eigenvalue weighted by atomic mass is 35.5. The second kappa shape index (κ2) is 5.45. The summed E-state index contributed by atoms with van der Waals surface area (Å²) in [5.74, 6) is 0. The Morgan fingerprint density at radius 2 is 1.55 bits per heavy atom. The van der Waals surface area contributed by atoms with Crippen molar-refractivity contribution in [1.82, 2.24) is 0 Å². The van der Waals surface area contributed by atoms with Crippen molar-refractivity contribution in [2.45, 2.75) is 20.8 Å². The number of hydrogen-bond donors (Lipinski definition) is 0. The van der Waals surface area contributed by atoms with E-state index >= 15 is 0 Å². The normalized spacial score (nSPS) is 8.45. The number of rotatable bonds is 0. The Kier molecular flexibility index (Phi) is 5.35. The average Bonchev–Trinajstić information content (AvgIpc) is 2.02. The van der Waals surface area contributed by atoms with Crippen LogP contribution in [0.2, 0.25) is 10.0 Å². The zero-order valence-corrected chi connectivity index (χ0v) is 8.50. The van der Waals surface area contributed by atoms with Gasteiger partial charge in [0.1, 0.15) is 0 Å². The van der Waals surface area contributed by atoms with Gasteiger partial charge in [0.2, 0.25) is 0 Å². The van der Waals surface area contributed by atoms with Crippen LogP contribution in [0, 0.1) is 6.92 Å². The van der Waals surface area contributed by atoms with Gasteiger partial charge in [0.25, 0.3) is 0 Å². The molecular weight excluding hydrogens is 179 g/mol. The molecule has 0 saturated carbocycles. The molecule has 0 N–H and O–H groups in total. The molecule has 0 bridgehead atoms. The molecule has 0 amide bonds. The first kappa shape index (κ1) is 10.8. The van der Waals surface area contributed by atoms with E-state index in [1.807, 2.05) is 32.9 Å². The molecule has 0 heterocycles. The van der Waals surface area contributed by atoms with Crippen molar-refractivity contribution in [3.8, 4) is 0 Å². The van der Waals surface area contributed by atoms with Gasteiger partial charge in [-0.25, -0.2) is 0 Å². The Bertz CT molecular complexity index is 219. The van der Waals surface area contributed by atoms with Crippen LogP contribution in [0.3, 0.4) is 0 Å². The third kappa shape index (κ3) is 3.64. The quantitative estimate of drug-likeness (QED) is 0.572. The monoisotopic (exact) mass is 190 g/mol. The van der Waals surface area contributed by atoms with E-state index in [0.29, 0.717) is 10.0 Å². The van der Waals surface area contributed by atoms with Gasteiger partial charge in [0.05, 0.1) is 10.0 Å². The molecule has 11 heavy (non-hydrogen) atoms. The summed E-state index contributed by atoms with van der Waals surface area (Å²) in [5.41, 5.74) is 1.13. The topological polar surface area (TPSA) is 0 Å². The van der Waals surface area contributed by atoms with E-state index in [0.717, 1.165) is 5.56 Å². The zero-order chi connectivity index (χ0) is 8.85. The molecule has 62 valence electrons. The molecule has 0 aliphatic rings. The number of aryl methyl sites for hydroxylation is 1. The highest BCUT2D eigenvalue weighted by Gasteiger charge is 1.93. The minimum atomic E-state index is 0.613. The average molecular weight is 191 g/mol. The fourth-order valence-corrected chi connectivity index (χ4v) is 0.954. The van der Waals surface area contributed by atoms with Gasteiger partial charge in [0.15, 0.2) is 0 Å². The lowest BCUT2D eigenvalue weighted by molar-refractivity contribution is 1.47. The lowest BCUT2D eigenvalue weighted by Crippen LogP contribution is -1.70. The van der Waals surface area contributed by atoms with Crippen LogP contribution in [0.5, 0.6) is 0 Å². The molecule has 0 aromatic heterocycles. The van der Waals surface area contributed by atoms with E-state index in [1.54, 1.807) is 6.07 Å². The van der Waals surface area contributed by atoms with Gasteiger partial charge in [-0.2, -0.15) is 0 Å². The smallest absolute Gasteiger partial charge is 0.0594 e. The van der Waals surface area contributed by atoms with Gasteiger partial charge in [-0.05, 0) is 24.6 Å². The predicted octanol–water partition coefficient (Wildman–Crippen LogP) is 4.33. The largest absolute Gasteiger partial charge is 0.0827 e. The van der Waals surface area contributed by atoms with Gasteiger partial charge in [-0.3, -0.25) is 0 Å². The van der Waals surface area contributed by atoms with E-state index in [9.17, 15) is 0 Å². The highest BCUT2D eigenvalue weighted by molar-refractivity contribution is 6.41. The summed E-state index contributed by atoms with van der Waals surface area (Å²) in [6.07, 6.45) is 0. The van der Waals surface area contributed by atoms with Crippen molar-refractivity contribution in [3.63, 3.8) is 0 Å². The van der Waals surface area contributed by atoms with Crippen LogP contribution in [-0.4, -0.2) is 0 Å². The van der Waals surface area contributed by atoms with Crippen molar-refractivity contribution in [2.24, 2.45) is 0 Å². The van der Waals surface area contributed by atoms with Crippen molar-refractivity contribution in [1.29, 1.82) is 0 Å². The first-order valence-electron chi connectivity index (χ1n) is 3.62. The molecule has 0 radical (unpaired) electrons. The maximum Gasteiger partial charge on any atom is 0.0594 e. The summed E-state index contributed by atoms with van der Waals surface area (Å²) in [7, 11) is 0. The summed E-state index contributed by atoms with van der Waals surface area (Å²) in [6.45, 7) is 5.97. The lowest BCUT2D eigenvalue weighted by Gasteiger charge is -1.94. The summed E-state index contributed by atoms with van der Waals surface area (Å²) >= 11 is 11.3. The predicted molar refractivity (Wildman–Crippen MR) is 52.5 cm³/mol. The molecule has 1 rings (SSSR count). The SMILES string of the molecule is CC.Cc1ccc(Cl)c(Cl)c1. The van der Waals surface area contributed by atoms with Crippen molar-refractivity contribution in [2.75, 3.05) is 0 Å². The van der Waals surface area contributed by atoms with Crippen LogP contribution >= 0.6 is 23.2 Å². The van der Waals surface area contributed by atoms with E-state index in [2.05, 4.69) is 0 Å². The van der Waals surface area contributed by atoms with Crippen LogP contribution in [-0.2, 0) is 0 Å².